The number of allylic oxidation sites excluding steroid dienone is 1. The summed E-state index contributed by atoms with van der Waals surface area (Å²) >= 11 is 2.26. The Morgan fingerprint density at radius 2 is 2.08 bits per heavy atom. The van der Waals surface area contributed by atoms with Crippen molar-refractivity contribution in [2.24, 2.45) is 0 Å². The van der Waals surface area contributed by atoms with Gasteiger partial charge in [-0.15, -0.1) is 0 Å². The van der Waals surface area contributed by atoms with E-state index in [0.717, 1.165) is 4.43 Å². The molecule has 0 heterocycles. The maximum Gasteiger partial charge on any atom is 0.125 e. The van der Waals surface area contributed by atoms with E-state index < -0.39 is 0 Å². The van der Waals surface area contributed by atoms with Crippen LogP contribution in [0.2, 0.25) is 0 Å². The van der Waals surface area contributed by atoms with Crippen molar-refractivity contribution in [2.75, 3.05) is 4.43 Å². The molecule has 1 aromatic carbocycles. The van der Waals surface area contributed by atoms with E-state index in [1.165, 1.54) is 5.56 Å². The fraction of sp³-hybridized carbons (Fsp3) is 0.182. The third kappa shape index (κ3) is 4.76. The lowest BCUT2D eigenvalue weighted by atomic mass is 10.2. The molecule has 0 saturated carbocycles. The average molecular weight is 286 g/mol. The molecule has 13 heavy (non-hydrogen) atoms. The van der Waals surface area contributed by atoms with Gasteiger partial charge in [-0.05, 0) is 11.6 Å². The Hall–Kier alpha value is -0.730. The standard InChI is InChI=1S/C11H11IO/c12-8-4-5-9-13-10-11-6-2-1-3-7-11/h1-4,6-7,9H,8,10H2. The number of rotatable bonds is 4. The smallest absolute Gasteiger partial charge is 0.125 e. The molecule has 0 aliphatic heterocycles. The number of ether oxygens (including phenoxy) is 1. The predicted octanol–water partition coefficient (Wildman–Crippen LogP) is 3.31. The van der Waals surface area contributed by atoms with Crippen LogP contribution in [0, 0.1) is 0 Å². The molecule has 0 aliphatic carbocycles. The number of halogens is 1. The van der Waals surface area contributed by atoms with Gasteiger partial charge < -0.3 is 4.74 Å². The molecule has 2 heteroatoms. The number of alkyl halides is 1. The van der Waals surface area contributed by atoms with Crippen molar-refractivity contribution in [1.82, 2.24) is 0 Å². The molecule has 0 unspecified atom stereocenters. The molecule has 0 atom stereocenters. The van der Waals surface area contributed by atoms with Crippen LogP contribution in [0.3, 0.4) is 0 Å². The predicted molar refractivity (Wildman–Crippen MR) is 62.8 cm³/mol. The Labute approximate surface area is 92.3 Å². The highest BCUT2D eigenvalue weighted by Crippen LogP contribution is 1.99. The molecule has 1 aromatic rings. The first-order valence-electron chi connectivity index (χ1n) is 4.04. The van der Waals surface area contributed by atoms with Crippen molar-refractivity contribution in [1.29, 1.82) is 0 Å². The molecule has 0 saturated heterocycles. The van der Waals surface area contributed by atoms with E-state index in [0.29, 0.717) is 6.61 Å². The van der Waals surface area contributed by atoms with Crippen molar-refractivity contribution >= 4 is 22.6 Å². The fourth-order valence-corrected chi connectivity index (χ4v) is 1.11. The first-order valence-corrected chi connectivity index (χ1v) is 5.57. The minimum absolute atomic E-state index is 0.614. The zero-order valence-electron chi connectivity index (χ0n) is 7.24. The van der Waals surface area contributed by atoms with E-state index in [1.807, 2.05) is 36.4 Å². The summed E-state index contributed by atoms with van der Waals surface area (Å²) < 4.78 is 6.21. The van der Waals surface area contributed by atoms with Gasteiger partial charge in [-0.3, -0.25) is 0 Å². The van der Waals surface area contributed by atoms with Gasteiger partial charge in [0.05, 0.1) is 0 Å². The van der Waals surface area contributed by atoms with Crippen molar-refractivity contribution in [3.8, 4) is 0 Å². The van der Waals surface area contributed by atoms with Gasteiger partial charge in [0.1, 0.15) is 12.9 Å². The van der Waals surface area contributed by atoms with Crippen molar-refractivity contribution in [3.63, 3.8) is 0 Å². The third-order valence-corrected chi connectivity index (χ3v) is 1.88. The molecule has 0 amide bonds. The number of benzene rings is 1. The van der Waals surface area contributed by atoms with Crippen LogP contribution in [0.15, 0.2) is 48.4 Å². The van der Waals surface area contributed by atoms with Gasteiger partial charge in [-0.1, -0.05) is 58.7 Å². The van der Waals surface area contributed by atoms with Crippen LogP contribution in [0.5, 0.6) is 0 Å². The van der Waals surface area contributed by atoms with Crippen LogP contribution in [0.4, 0.5) is 0 Å². The van der Waals surface area contributed by atoms with E-state index in [1.54, 1.807) is 6.26 Å². The zero-order valence-corrected chi connectivity index (χ0v) is 9.40. The Morgan fingerprint density at radius 1 is 1.31 bits per heavy atom. The highest BCUT2D eigenvalue weighted by molar-refractivity contribution is 14.1. The van der Waals surface area contributed by atoms with E-state index in [9.17, 15) is 0 Å². The van der Waals surface area contributed by atoms with Crippen LogP contribution in [0.25, 0.3) is 0 Å². The van der Waals surface area contributed by atoms with Crippen LogP contribution in [-0.2, 0) is 11.3 Å². The van der Waals surface area contributed by atoms with Crippen molar-refractivity contribution in [3.05, 3.63) is 54.0 Å². The van der Waals surface area contributed by atoms with E-state index in [2.05, 4.69) is 28.3 Å². The molecule has 0 radical (unpaired) electrons. The summed E-state index contributed by atoms with van der Waals surface area (Å²) in [6.45, 7) is 0.614. The SMILES string of the molecule is ICC=C=COCc1ccccc1. The Kier molecular flexibility index (Phi) is 5.38. The first kappa shape index (κ1) is 10.4. The van der Waals surface area contributed by atoms with Crippen molar-refractivity contribution < 1.29 is 4.74 Å². The quantitative estimate of drug-likeness (QED) is 0.357. The molecule has 0 aromatic heterocycles. The normalized spacial score (nSPS) is 8.69. The molecule has 0 N–H and O–H groups in total. The maximum atomic E-state index is 5.25. The largest absolute Gasteiger partial charge is 0.488 e. The van der Waals surface area contributed by atoms with Crippen LogP contribution >= 0.6 is 22.6 Å². The van der Waals surface area contributed by atoms with Gasteiger partial charge in [0, 0.05) is 4.43 Å². The van der Waals surface area contributed by atoms with E-state index in [-0.39, 0.29) is 0 Å². The van der Waals surface area contributed by atoms with Gasteiger partial charge in [-0.2, -0.15) is 0 Å². The summed E-state index contributed by atoms with van der Waals surface area (Å²) in [5.41, 5.74) is 4.10. The van der Waals surface area contributed by atoms with Gasteiger partial charge in [0.25, 0.3) is 0 Å². The van der Waals surface area contributed by atoms with Crippen molar-refractivity contribution in [2.45, 2.75) is 6.61 Å². The molecular formula is C11H11IO. The lowest BCUT2D eigenvalue weighted by Gasteiger charge is -1.98. The second-order valence-electron chi connectivity index (χ2n) is 2.44. The summed E-state index contributed by atoms with van der Waals surface area (Å²) in [7, 11) is 0. The molecule has 1 nitrogen and oxygen atoms in total. The molecule has 0 aliphatic rings. The van der Waals surface area contributed by atoms with Crippen LogP contribution in [-0.4, -0.2) is 4.43 Å². The Bertz CT molecular complexity index is 286. The summed E-state index contributed by atoms with van der Waals surface area (Å²) in [4.78, 5) is 0. The summed E-state index contributed by atoms with van der Waals surface area (Å²) in [5.74, 6) is 0. The summed E-state index contributed by atoms with van der Waals surface area (Å²) in [6, 6.07) is 10.1. The monoisotopic (exact) mass is 286 g/mol. The van der Waals surface area contributed by atoms with Crippen LogP contribution < -0.4 is 0 Å². The second-order valence-corrected chi connectivity index (χ2v) is 3.32. The lowest BCUT2D eigenvalue weighted by Crippen LogP contribution is -1.83. The minimum Gasteiger partial charge on any atom is -0.488 e. The lowest BCUT2D eigenvalue weighted by molar-refractivity contribution is 0.237. The van der Waals surface area contributed by atoms with Gasteiger partial charge in [0.2, 0.25) is 0 Å². The summed E-state index contributed by atoms with van der Waals surface area (Å²) in [5, 5.41) is 0. The summed E-state index contributed by atoms with van der Waals surface area (Å²) in [6.07, 6.45) is 3.53. The molecule has 1 rings (SSSR count). The third-order valence-electron chi connectivity index (χ3n) is 1.44. The van der Waals surface area contributed by atoms with E-state index >= 15 is 0 Å². The van der Waals surface area contributed by atoms with Gasteiger partial charge in [-0.25, -0.2) is 0 Å². The number of hydrogen-bond donors (Lipinski definition) is 0. The highest BCUT2D eigenvalue weighted by atomic mass is 127. The highest BCUT2D eigenvalue weighted by Gasteiger charge is 1.86. The second kappa shape index (κ2) is 6.75. The molecule has 68 valence electrons. The van der Waals surface area contributed by atoms with E-state index in [4.69, 9.17) is 4.74 Å². The zero-order chi connectivity index (χ0) is 9.36. The topological polar surface area (TPSA) is 9.23 Å². The average Bonchev–Trinajstić information content (AvgIpc) is 2.19. The Balaban J connectivity index is 2.32. The first-order chi connectivity index (χ1) is 6.43. The molecule has 0 fully saturated rings. The van der Waals surface area contributed by atoms with Crippen LogP contribution in [0.1, 0.15) is 5.56 Å². The van der Waals surface area contributed by atoms with Gasteiger partial charge in [0.15, 0.2) is 0 Å². The Morgan fingerprint density at radius 3 is 2.77 bits per heavy atom. The van der Waals surface area contributed by atoms with Gasteiger partial charge >= 0.3 is 0 Å². The molecular weight excluding hydrogens is 275 g/mol. The maximum absolute atomic E-state index is 5.25. The fourth-order valence-electron chi connectivity index (χ4n) is 0.853. The molecule has 0 bridgehead atoms. The minimum atomic E-state index is 0.614. The molecule has 0 spiro atoms. The number of hydrogen-bond acceptors (Lipinski definition) is 1.